The highest BCUT2D eigenvalue weighted by atomic mass is 35.5. The van der Waals surface area contributed by atoms with Crippen LogP contribution in [0, 0.1) is 5.92 Å². The van der Waals surface area contributed by atoms with E-state index < -0.39 is 30.2 Å². The molecule has 12 heteroatoms. The second kappa shape index (κ2) is 15.0. The number of halogens is 2. The van der Waals surface area contributed by atoms with Gasteiger partial charge in [-0.3, -0.25) is 14.4 Å². The van der Waals surface area contributed by atoms with E-state index in [-0.39, 0.29) is 18.5 Å². The molecule has 4 N–H and O–H groups in total. The summed E-state index contributed by atoms with van der Waals surface area (Å²) < 4.78 is 0.901. The van der Waals surface area contributed by atoms with E-state index in [0.29, 0.717) is 54.5 Å². The van der Waals surface area contributed by atoms with Crippen molar-refractivity contribution in [2.75, 3.05) is 26.2 Å². The van der Waals surface area contributed by atoms with Crippen LogP contribution in [0.15, 0.2) is 53.9 Å². The Bertz CT molecular complexity index is 1450. The predicted octanol–water partition coefficient (Wildman–Crippen LogP) is 4.96. The number of carbonyl (C=O) groups excluding carboxylic acids is 3. The number of urea groups is 1. The molecule has 42 heavy (non-hydrogen) atoms. The van der Waals surface area contributed by atoms with E-state index in [1.807, 2.05) is 47.8 Å². The quantitative estimate of drug-likeness (QED) is 0.223. The van der Waals surface area contributed by atoms with Gasteiger partial charge in [-0.2, -0.15) is 0 Å². The highest BCUT2D eigenvalue weighted by Gasteiger charge is 2.27. The highest BCUT2D eigenvalue weighted by molar-refractivity contribution is 7.18. The molecule has 9 nitrogen and oxygen atoms in total. The number of amides is 4. The summed E-state index contributed by atoms with van der Waals surface area (Å²) in [6.45, 7) is 1.15. The van der Waals surface area contributed by atoms with Crippen LogP contribution in [0.5, 0.6) is 0 Å². The number of hydrogen-bond donors (Lipinski definition) is 4. The van der Waals surface area contributed by atoms with Gasteiger partial charge in [0.25, 0.3) is 0 Å². The standard InChI is InChI=1S/C30H32Cl2N4O5S/c31-26-20(16-21-11-15-42-28(21)27(26)32)6-7-24(37)36-13-9-23(10-14-36)35-29(40)22(17-25(38)39)18-34-30(41)33-12-8-19-4-2-1-3-5-19/h1-7,11,15-16,22-23H,8-10,12-14,17-18H2,(H,35,40)(H,38,39)(H2,33,34,41). The minimum absolute atomic E-state index is 0.110. The molecule has 0 aliphatic carbocycles. The minimum atomic E-state index is -1.13. The molecule has 222 valence electrons. The summed E-state index contributed by atoms with van der Waals surface area (Å²) in [5.41, 5.74) is 1.74. The molecule has 4 rings (SSSR count). The topological polar surface area (TPSA) is 128 Å². The molecule has 3 aromatic rings. The number of nitrogens with zero attached hydrogens (tertiary/aromatic N) is 1. The van der Waals surface area contributed by atoms with Gasteiger partial charge in [0.1, 0.15) is 0 Å². The zero-order valence-electron chi connectivity index (χ0n) is 22.8. The molecule has 0 bridgehead atoms. The van der Waals surface area contributed by atoms with E-state index in [1.165, 1.54) is 17.4 Å². The predicted molar refractivity (Wildman–Crippen MR) is 166 cm³/mol. The van der Waals surface area contributed by atoms with E-state index in [9.17, 15) is 24.3 Å². The number of fused-ring (bicyclic) bond motifs is 1. The van der Waals surface area contributed by atoms with Crippen molar-refractivity contribution in [3.63, 3.8) is 0 Å². The second-order valence-electron chi connectivity index (χ2n) is 10.0. The number of rotatable bonds is 11. The molecule has 0 spiro atoms. The molecular weight excluding hydrogens is 599 g/mol. The summed E-state index contributed by atoms with van der Waals surface area (Å²) in [6, 6.07) is 12.8. The Morgan fingerprint density at radius 2 is 1.79 bits per heavy atom. The van der Waals surface area contributed by atoms with Gasteiger partial charge in [0.05, 0.1) is 27.1 Å². The van der Waals surface area contributed by atoms with Gasteiger partial charge in [0.15, 0.2) is 0 Å². The van der Waals surface area contributed by atoms with Crippen molar-refractivity contribution in [1.29, 1.82) is 0 Å². The molecule has 0 saturated carbocycles. The normalized spacial score (nSPS) is 14.6. The number of likely N-dealkylation sites (tertiary alicyclic amines) is 1. The van der Waals surface area contributed by atoms with Crippen LogP contribution in [-0.4, -0.2) is 66.0 Å². The number of carbonyl (C=O) groups is 4. The van der Waals surface area contributed by atoms with Crippen molar-refractivity contribution >= 4 is 74.5 Å². The number of benzene rings is 2. The fourth-order valence-electron chi connectivity index (χ4n) is 4.73. The first-order chi connectivity index (χ1) is 20.2. The number of carboxylic acids is 1. The Morgan fingerprint density at radius 3 is 2.50 bits per heavy atom. The zero-order valence-corrected chi connectivity index (χ0v) is 25.1. The van der Waals surface area contributed by atoms with Gasteiger partial charge in [0.2, 0.25) is 11.8 Å². The van der Waals surface area contributed by atoms with Crippen molar-refractivity contribution in [3.8, 4) is 0 Å². The largest absolute Gasteiger partial charge is 0.481 e. The number of nitrogens with one attached hydrogen (secondary N) is 3. The number of carboxylic acid groups (broad SMARTS) is 1. The molecule has 1 fully saturated rings. The number of piperidine rings is 1. The summed E-state index contributed by atoms with van der Waals surface area (Å²) >= 11 is 14.3. The molecule has 2 heterocycles. The number of thiophene rings is 1. The zero-order chi connectivity index (χ0) is 30.1. The average molecular weight is 632 g/mol. The van der Waals surface area contributed by atoms with Crippen molar-refractivity contribution in [2.45, 2.75) is 31.7 Å². The average Bonchev–Trinajstić information content (AvgIpc) is 3.46. The summed E-state index contributed by atoms with van der Waals surface area (Å²) in [5.74, 6) is -2.68. The van der Waals surface area contributed by atoms with Crippen LogP contribution in [0.3, 0.4) is 0 Å². The lowest BCUT2D eigenvalue weighted by atomic mass is 10.0. The van der Waals surface area contributed by atoms with Crippen LogP contribution >= 0.6 is 34.5 Å². The Labute approximate surface area is 257 Å². The monoisotopic (exact) mass is 630 g/mol. The van der Waals surface area contributed by atoms with Gasteiger partial charge < -0.3 is 26.0 Å². The van der Waals surface area contributed by atoms with Crippen molar-refractivity contribution in [3.05, 3.63) is 75.1 Å². The minimum Gasteiger partial charge on any atom is -0.481 e. The molecule has 1 aliphatic heterocycles. The van der Waals surface area contributed by atoms with Crippen molar-refractivity contribution < 1.29 is 24.3 Å². The molecule has 1 atom stereocenters. The smallest absolute Gasteiger partial charge is 0.314 e. The molecule has 0 radical (unpaired) electrons. The van der Waals surface area contributed by atoms with Gasteiger partial charge in [-0.15, -0.1) is 11.3 Å². The maximum atomic E-state index is 12.9. The highest BCUT2D eigenvalue weighted by Crippen LogP contribution is 2.37. The van der Waals surface area contributed by atoms with Crippen LogP contribution in [0.4, 0.5) is 4.79 Å². The first-order valence-corrected chi connectivity index (χ1v) is 15.2. The molecule has 1 unspecified atom stereocenters. The van der Waals surface area contributed by atoms with Crippen LogP contribution in [0.2, 0.25) is 10.0 Å². The third kappa shape index (κ3) is 8.70. The van der Waals surface area contributed by atoms with Crippen molar-refractivity contribution in [1.82, 2.24) is 20.9 Å². The van der Waals surface area contributed by atoms with Crippen LogP contribution in [-0.2, 0) is 20.8 Å². The number of hydrogen-bond acceptors (Lipinski definition) is 5. The molecule has 1 aliphatic rings. The van der Waals surface area contributed by atoms with Gasteiger partial charge in [0, 0.05) is 38.3 Å². The molecule has 4 amide bonds. The lowest BCUT2D eigenvalue weighted by molar-refractivity contribution is -0.141. The Balaban J connectivity index is 1.22. The fourth-order valence-corrected chi connectivity index (χ4v) is 6.17. The lowest BCUT2D eigenvalue weighted by Gasteiger charge is -2.32. The van der Waals surface area contributed by atoms with E-state index in [4.69, 9.17) is 23.2 Å². The van der Waals surface area contributed by atoms with E-state index in [0.717, 1.165) is 15.6 Å². The summed E-state index contributed by atoms with van der Waals surface area (Å²) in [7, 11) is 0. The van der Waals surface area contributed by atoms with Crippen molar-refractivity contribution in [2.24, 2.45) is 5.92 Å². The molecule has 2 aromatic carbocycles. The van der Waals surface area contributed by atoms with E-state index >= 15 is 0 Å². The summed E-state index contributed by atoms with van der Waals surface area (Å²) in [4.78, 5) is 51.0. The third-order valence-electron chi connectivity index (χ3n) is 7.05. The lowest BCUT2D eigenvalue weighted by Crippen LogP contribution is -2.49. The maximum absolute atomic E-state index is 12.9. The molecule has 1 aromatic heterocycles. The summed E-state index contributed by atoms with van der Waals surface area (Å²) in [5, 5.41) is 21.3. The third-order valence-corrected chi connectivity index (χ3v) is 9.00. The van der Waals surface area contributed by atoms with E-state index in [1.54, 1.807) is 11.0 Å². The Kier molecular flexibility index (Phi) is 11.2. The fraction of sp³-hybridized carbons (Fsp3) is 0.333. The first kappa shape index (κ1) is 31.3. The van der Waals surface area contributed by atoms with Crippen LogP contribution in [0.1, 0.15) is 30.4 Å². The number of aliphatic carboxylic acids is 1. The SMILES string of the molecule is O=C(O)CC(CNC(=O)NCCc1ccccc1)C(=O)NC1CCN(C(=O)C=Cc2cc3ccsc3c(Cl)c2Cl)CC1. The molecular formula is C30H32Cl2N4O5S. The summed E-state index contributed by atoms with van der Waals surface area (Å²) in [6.07, 6.45) is 4.40. The molecule has 1 saturated heterocycles. The van der Waals surface area contributed by atoms with Gasteiger partial charge in [-0.25, -0.2) is 4.79 Å². The maximum Gasteiger partial charge on any atom is 0.314 e. The Morgan fingerprint density at radius 1 is 1.05 bits per heavy atom. The van der Waals surface area contributed by atoms with Gasteiger partial charge >= 0.3 is 12.0 Å². The van der Waals surface area contributed by atoms with Crippen LogP contribution < -0.4 is 16.0 Å². The first-order valence-electron chi connectivity index (χ1n) is 13.6. The van der Waals surface area contributed by atoms with Crippen LogP contribution in [0.25, 0.3) is 16.2 Å². The Hall–Kier alpha value is -3.60. The van der Waals surface area contributed by atoms with E-state index in [2.05, 4.69) is 16.0 Å². The van der Waals surface area contributed by atoms with Gasteiger partial charge in [-0.1, -0.05) is 53.5 Å². The van der Waals surface area contributed by atoms with Gasteiger partial charge in [-0.05, 0) is 59.4 Å². The second-order valence-corrected chi connectivity index (χ2v) is 11.7.